The van der Waals surface area contributed by atoms with Crippen LogP contribution in [0.4, 0.5) is 10.1 Å². The molecule has 0 aliphatic carbocycles. The summed E-state index contributed by atoms with van der Waals surface area (Å²) < 4.78 is 13.4. The molecule has 1 heterocycles. The Balaban J connectivity index is 1.96. The highest BCUT2D eigenvalue weighted by Crippen LogP contribution is 2.18. The molecule has 0 atom stereocenters. The molecular weight excluding hydrogens is 261 g/mol. The highest BCUT2D eigenvalue weighted by atomic mass is 32.1. The fraction of sp³-hybridized carbons (Fsp3) is 0.286. The van der Waals surface area contributed by atoms with E-state index in [1.807, 2.05) is 12.3 Å². The van der Waals surface area contributed by atoms with Gasteiger partial charge in [0.05, 0.1) is 10.7 Å². The summed E-state index contributed by atoms with van der Waals surface area (Å²) in [6, 6.07) is 6.47. The molecule has 19 heavy (non-hydrogen) atoms. The second-order valence-electron chi connectivity index (χ2n) is 4.02. The third-order valence-corrected chi connectivity index (χ3v) is 3.93. The van der Waals surface area contributed by atoms with E-state index in [-0.39, 0.29) is 5.56 Å². The molecule has 0 bridgehead atoms. The fourth-order valence-electron chi connectivity index (χ4n) is 1.72. The summed E-state index contributed by atoms with van der Waals surface area (Å²) in [6.07, 6.45) is 3.66. The van der Waals surface area contributed by atoms with Crippen LogP contribution in [-0.2, 0) is 12.8 Å². The molecule has 0 unspecified atom stereocenters. The van der Waals surface area contributed by atoms with Gasteiger partial charge in [-0.2, -0.15) is 5.26 Å². The minimum atomic E-state index is -0.491. The summed E-state index contributed by atoms with van der Waals surface area (Å²) in [5.41, 5.74) is 0.602. The monoisotopic (exact) mass is 275 g/mol. The SMILES string of the molecule is CCc1cnc(CCNc2cccc(F)c2C#N)s1. The van der Waals surface area contributed by atoms with Crippen LogP contribution in [0.1, 0.15) is 22.4 Å². The van der Waals surface area contributed by atoms with E-state index in [1.165, 1.54) is 10.9 Å². The minimum Gasteiger partial charge on any atom is -0.383 e. The second-order valence-corrected chi connectivity index (χ2v) is 5.22. The Hall–Kier alpha value is -1.93. The number of anilines is 1. The van der Waals surface area contributed by atoms with E-state index in [2.05, 4.69) is 17.2 Å². The molecule has 1 aromatic heterocycles. The number of thiazole rings is 1. The number of hydrogen-bond acceptors (Lipinski definition) is 4. The summed E-state index contributed by atoms with van der Waals surface area (Å²) in [5, 5.41) is 13.1. The molecule has 0 fully saturated rings. The van der Waals surface area contributed by atoms with Crippen molar-refractivity contribution in [3.8, 4) is 6.07 Å². The van der Waals surface area contributed by atoms with Crippen LogP contribution in [0.2, 0.25) is 0 Å². The molecule has 1 aromatic carbocycles. The Morgan fingerprint density at radius 3 is 3.00 bits per heavy atom. The van der Waals surface area contributed by atoms with Crippen molar-refractivity contribution in [1.29, 1.82) is 5.26 Å². The molecule has 0 saturated heterocycles. The first-order chi connectivity index (χ1) is 9.24. The number of nitriles is 1. The largest absolute Gasteiger partial charge is 0.383 e. The number of rotatable bonds is 5. The molecular formula is C14H14FN3S. The smallest absolute Gasteiger partial charge is 0.143 e. The molecule has 2 aromatic rings. The zero-order valence-electron chi connectivity index (χ0n) is 10.6. The van der Waals surface area contributed by atoms with Crippen LogP contribution in [0, 0.1) is 17.1 Å². The first kappa shape index (κ1) is 13.5. The van der Waals surface area contributed by atoms with Gasteiger partial charge in [-0.1, -0.05) is 13.0 Å². The van der Waals surface area contributed by atoms with Crippen molar-refractivity contribution < 1.29 is 4.39 Å². The second kappa shape index (κ2) is 6.30. The van der Waals surface area contributed by atoms with Crippen molar-refractivity contribution in [2.45, 2.75) is 19.8 Å². The van der Waals surface area contributed by atoms with Crippen LogP contribution in [-0.4, -0.2) is 11.5 Å². The quantitative estimate of drug-likeness (QED) is 0.910. The Bertz CT molecular complexity index is 601. The number of nitrogens with zero attached hydrogens (tertiary/aromatic N) is 2. The van der Waals surface area contributed by atoms with Gasteiger partial charge in [0.15, 0.2) is 0 Å². The zero-order valence-corrected chi connectivity index (χ0v) is 11.4. The van der Waals surface area contributed by atoms with E-state index in [9.17, 15) is 4.39 Å². The van der Waals surface area contributed by atoms with Crippen LogP contribution in [0.5, 0.6) is 0 Å². The van der Waals surface area contributed by atoms with Gasteiger partial charge in [0.2, 0.25) is 0 Å². The zero-order chi connectivity index (χ0) is 13.7. The number of aromatic nitrogens is 1. The number of halogens is 1. The number of nitrogens with one attached hydrogen (secondary N) is 1. The van der Waals surface area contributed by atoms with Crippen molar-refractivity contribution in [3.05, 3.63) is 45.7 Å². The van der Waals surface area contributed by atoms with Crippen LogP contribution >= 0.6 is 11.3 Å². The molecule has 1 N–H and O–H groups in total. The lowest BCUT2D eigenvalue weighted by Crippen LogP contribution is -2.06. The van der Waals surface area contributed by atoms with Crippen molar-refractivity contribution in [1.82, 2.24) is 4.98 Å². The molecule has 98 valence electrons. The molecule has 0 amide bonds. The molecule has 3 nitrogen and oxygen atoms in total. The van der Waals surface area contributed by atoms with Gasteiger partial charge < -0.3 is 5.32 Å². The third-order valence-electron chi connectivity index (χ3n) is 2.73. The van der Waals surface area contributed by atoms with Gasteiger partial charge in [0.25, 0.3) is 0 Å². The van der Waals surface area contributed by atoms with Gasteiger partial charge in [-0.05, 0) is 18.6 Å². The molecule has 0 aliphatic heterocycles. The number of hydrogen-bond donors (Lipinski definition) is 1. The topological polar surface area (TPSA) is 48.7 Å². The Morgan fingerprint density at radius 1 is 1.47 bits per heavy atom. The summed E-state index contributed by atoms with van der Waals surface area (Å²) in [6.45, 7) is 2.73. The minimum absolute atomic E-state index is 0.0656. The van der Waals surface area contributed by atoms with Gasteiger partial charge >= 0.3 is 0 Å². The average molecular weight is 275 g/mol. The Morgan fingerprint density at radius 2 is 2.32 bits per heavy atom. The van der Waals surface area contributed by atoms with E-state index in [0.29, 0.717) is 12.2 Å². The first-order valence-corrected chi connectivity index (χ1v) is 6.92. The Kier molecular flexibility index (Phi) is 4.48. The van der Waals surface area contributed by atoms with Gasteiger partial charge in [0, 0.05) is 24.0 Å². The van der Waals surface area contributed by atoms with Crippen molar-refractivity contribution in [2.24, 2.45) is 0 Å². The lowest BCUT2D eigenvalue weighted by molar-refractivity contribution is 0.624. The average Bonchev–Trinajstić information content (AvgIpc) is 2.87. The van der Waals surface area contributed by atoms with Crippen molar-refractivity contribution in [3.63, 3.8) is 0 Å². The maximum absolute atomic E-state index is 13.4. The number of benzene rings is 1. The van der Waals surface area contributed by atoms with Crippen LogP contribution in [0.25, 0.3) is 0 Å². The molecule has 0 spiro atoms. The van der Waals surface area contributed by atoms with Gasteiger partial charge in [-0.25, -0.2) is 9.37 Å². The standard InChI is InChI=1S/C14H14FN3S/c1-2-10-9-18-14(19-10)6-7-17-13-5-3-4-12(15)11(13)8-16/h3-5,9,17H,2,6-7H2,1H3. The van der Waals surface area contributed by atoms with Crippen LogP contribution < -0.4 is 5.32 Å². The van der Waals surface area contributed by atoms with E-state index >= 15 is 0 Å². The number of aryl methyl sites for hydroxylation is 1. The van der Waals surface area contributed by atoms with Crippen molar-refractivity contribution >= 4 is 17.0 Å². The molecule has 2 rings (SSSR count). The molecule has 0 aliphatic rings. The predicted molar refractivity (Wildman–Crippen MR) is 74.8 cm³/mol. The van der Waals surface area contributed by atoms with E-state index in [4.69, 9.17) is 5.26 Å². The molecule has 0 saturated carbocycles. The fourth-order valence-corrected chi connectivity index (χ4v) is 2.58. The molecule has 5 heteroatoms. The van der Waals surface area contributed by atoms with Gasteiger partial charge in [-0.15, -0.1) is 11.3 Å². The van der Waals surface area contributed by atoms with E-state index in [1.54, 1.807) is 23.5 Å². The van der Waals surface area contributed by atoms with E-state index < -0.39 is 5.82 Å². The Labute approximate surface area is 115 Å². The summed E-state index contributed by atoms with van der Waals surface area (Å²) in [7, 11) is 0. The predicted octanol–water partition coefficient (Wildman–Crippen LogP) is 3.37. The van der Waals surface area contributed by atoms with Gasteiger partial charge in [-0.3, -0.25) is 0 Å². The maximum Gasteiger partial charge on any atom is 0.143 e. The van der Waals surface area contributed by atoms with Crippen LogP contribution in [0.15, 0.2) is 24.4 Å². The maximum atomic E-state index is 13.4. The highest BCUT2D eigenvalue weighted by Gasteiger charge is 2.07. The third kappa shape index (κ3) is 3.30. The molecule has 0 radical (unpaired) electrons. The van der Waals surface area contributed by atoms with Crippen molar-refractivity contribution in [2.75, 3.05) is 11.9 Å². The highest BCUT2D eigenvalue weighted by molar-refractivity contribution is 7.11. The van der Waals surface area contributed by atoms with Gasteiger partial charge in [0.1, 0.15) is 17.4 Å². The lowest BCUT2D eigenvalue weighted by Gasteiger charge is -2.07. The normalized spacial score (nSPS) is 10.2. The summed E-state index contributed by atoms with van der Waals surface area (Å²) in [4.78, 5) is 5.58. The first-order valence-electron chi connectivity index (χ1n) is 6.10. The lowest BCUT2D eigenvalue weighted by atomic mass is 10.2. The summed E-state index contributed by atoms with van der Waals surface area (Å²) >= 11 is 1.69. The van der Waals surface area contributed by atoms with E-state index in [0.717, 1.165) is 17.8 Å². The summed E-state index contributed by atoms with van der Waals surface area (Å²) in [5.74, 6) is -0.491. The van der Waals surface area contributed by atoms with Crippen LogP contribution in [0.3, 0.4) is 0 Å².